The van der Waals surface area contributed by atoms with Gasteiger partial charge in [-0.25, -0.2) is 4.39 Å². The lowest BCUT2D eigenvalue weighted by molar-refractivity contribution is 0.630. The topological polar surface area (TPSA) is 44.5 Å². The summed E-state index contributed by atoms with van der Waals surface area (Å²) < 4.78 is 15.5. The molecule has 1 heterocycles. The third-order valence-electron chi connectivity index (χ3n) is 3.04. The molecule has 0 atom stereocenters. The van der Waals surface area contributed by atoms with Gasteiger partial charge in [0.15, 0.2) is 4.77 Å². The number of benzene rings is 2. The molecule has 21 heavy (non-hydrogen) atoms. The first-order valence-electron chi connectivity index (χ1n) is 5.81. The Bertz CT molecular complexity index is 969. The van der Waals surface area contributed by atoms with E-state index in [1.54, 1.807) is 22.8 Å². The second-order valence-electron chi connectivity index (χ2n) is 4.33. The van der Waals surface area contributed by atoms with Gasteiger partial charge in [-0.15, -0.1) is 0 Å². The van der Waals surface area contributed by atoms with Crippen LogP contribution in [0.1, 0.15) is 5.56 Å². The highest BCUT2D eigenvalue weighted by atomic mass is 35.5. The number of imidazole rings is 1. The van der Waals surface area contributed by atoms with Crippen LogP contribution in [0.25, 0.3) is 16.7 Å². The monoisotopic (exact) mass is 337 g/mol. The van der Waals surface area contributed by atoms with Gasteiger partial charge < -0.3 is 4.98 Å². The Labute approximate surface area is 134 Å². The first-order chi connectivity index (χ1) is 10.0. The summed E-state index contributed by atoms with van der Waals surface area (Å²) in [5.74, 6) is -0.538. The average molecular weight is 338 g/mol. The number of rotatable bonds is 1. The summed E-state index contributed by atoms with van der Waals surface area (Å²) in [5, 5.41) is 9.41. The Hall–Kier alpha value is -1.87. The number of hydrogen-bond donors (Lipinski definition) is 1. The van der Waals surface area contributed by atoms with Crippen LogP contribution < -0.4 is 0 Å². The van der Waals surface area contributed by atoms with Crippen molar-refractivity contribution in [2.45, 2.75) is 0 Å². The van der Waals surface area contributed by atoms with Gasteiger partial charge in [-0.1, -0.05) is 23.2 Å². The van der Waals surface area contributed by atoms with Crippen molar-refractivity contribution in [1.29, 1.82) is 5.26 Å². The van der Waals surface area contributed by atoms with Crippen molar-refractivity contribution in [2.75, 3.05) is 0 Å². The number of fused-ring (bicyclic) bond motifs is 1. The molecule has 0 radical (unpaired) electrons. The molecule has 2 aromatic carbocycles. The van der Waals surface area contributed by atoms with Crippen molar-refractivity contribution in [3.8, 4) is 11.8 Å². The van der Waals surface area contributed by atoms with Crippen molar-refractivity contribution in [3.63, 3.8) is 0 Å². The standard InChI is InChI=1S/C14H6Cl2FN3S/c15-8-2-1-7(6-18)3-12(8)20-13-4-9(16)10(17)5-11(13)19-14(20)21/h1-5H,(H,19,21). The van der Waals surface area contributed by atoms with Crippen LogP contribution in [-0.2, 0) is 0 Å². The van der Waals surface area contributed by atoms with Crippen LogP contribution in [0.4, 0.5) is 4.39 Å². The van der Waals surface area contributed by atoms with Crippen LogP contribution in [0.2, 0.25) is 10.0 Å². The van der Waals surface area contributed by atoms with E-state index < -0.39 is 5.82 Å². The maximum absolute atomic E-state index is 13.5. The third kappa shape index (κ3) is 2.32. The van der Waals surface area contributed by atoms with Gasteiger partial charge in [-0.05, 0) is 36.5 Å². The highest BCUT2D eigenvalue weighted by molar-refractivity contribution is 7.71. The Morgan fingerprint density at radius 1 is 1.19 bits per heavy atom. The Morgan fingerprint density at radius 2 is 1.95 bits per heavy atom. The highest BCUT2D eigenvalue weighted by Gasteiger charge is 2.13. The number of nitriles is 1. The number of hydrogen-bond acceptors (Lipinski definition) is 2. The fourth-order valence-electron chi connectivity index (χ4n) is 2.09. The van der Waals surface area contributed by atoms with E-state index in [-0.39, 0.29) is 5.02 Å². The zero-order valence-corrected chi connectivity index (χ0v) is 12.7. The zero-order chi connectivity index (χ0) is 15.1. The predicted molar refractivity (Wildman–Crippen MR) is 83.2 cm³/mol. The van der Waals surface area contributed by atoms with Crippen LogP contribution in [0.5, 0.6) is 0 Å². The SMILES string of the molecule is N#Cc1ccc(Cl)c(-n2c(=S)[nH]c3cc(F)c(Cl)cc32)c1. The fourth-order valence-corrected chi connectivity index (χ4v) is 2.76. The molecule has 0 fully saturated rings. The summed E-state index contributed by atoms with van der Waals surface area (Å²) in [7, 11) is 0. The molecule has 0 aliphatic carbocycles. The second-order valence-corrected chi connectivity index (χ2v) is 5.53. The molecule has 104 valence electrons. The molecule has 0 unspecified atom stereocenters. The van der Waals surface area contributed by atoms with Gasteiger partial charge in [-0.2, -0.15) is 5.26 Å². The quantitative estimate of drug-likeness (QED) is 0.634. The molecule has 0 saturated heterocycles. The van der Waals surface area contributed by atoms with Gasteiger partial charge in [0.1, 0.15) is 5.82 Å². The first kappa shape index (κ1) is 14.1. The molecule has 0 saturated carbocycles. The third-order valence-corrected chi connectivity index (χ3v) is 3.93. The van der Waals surface area contributed by atoms with Gasteiger partial charge in [0.05, 0.1) is 38.4 Å². The maximum Gasteiger partial charge on any atom is 0.182 e. The van der Waals surface area contributed by atoms with E-state index in [9.17, 15) is 4.39 Å². The van der Waals surface area contributed by atoms with Gasteiger partial charge in [0, 0.05) is 6.07 Å². The van der Waals surface area contributed by atoms with Crippen LogP contribution >= 0.6 is 35.4 Å². The molecule has 0 aliphatic rings. The Morgan fingerprint density at radius 3 is 2.67 bits per heavy atom. The van der Waals surface area contributed by atoms with E-state index in [0.717, 1.165) is 0 Å². The summed E-state index contributed by atoms with van der Waals surface area (Å²) in [6, 6.07) is 9.61. The van der Waals surface area contributed by atoms with Crippen LogP contribution in [0, 0.1) is 21.9 Å². The fraction of sp³-hybridized carbons (Fsp3) is 0. The number of halogens is 3. The van der Waals surface area contributed by atoms with Gasteiger partial charge in [-0.3, -0.25) is 4.57 Å². The lowest BCUT2D eigenvalue weighted by atomic mass is 10.2. The van der Waals surface area contributed by atoms with E-state index in [2.05, 4.69) is 4.98 Å². The minimum Gasteiger partial charge on any atom is -0.330 e. The van der Waals surface area contributed by atoms with E-state index in [4.69, 9.17) is 40.7 Å². The zero-order valence-electron chi connectivity index (χ0n) is 10.3. The predicted octanol–water partition coefficient (Wildman–Crippen LogP) is 5.01. The van der Waals surface area contributed by atoms with E-state index in [1.165, 1.54) is 12.1 Å². The molecule has 1 aromatic heterocycles. The van der Waals surface area contributed by atoms with Gasteiger partial charge >= 0.3 is 0 Å². The maximum atomic E-state index is 13.5. The molecule has 7 heteroatoms. The molecular weight excluding hydrogens is 332 g/mol. The lowest BCUT2D eigenvalue weighted by Gasteiger charge is -2.08. The molecule has 3 aromatic rings. The minimum absolute atomic E-state index is 0.0159. The highest BCUT2D eigenvalue weighted by Crippen LogP contribution is 2.29. The van der Waals surface area contributed by atoms with Gasteiger partial charge in [0.25, 0.3) is 0 Å². The molecule has 0 aliphatic heterocycles. The van der Waals surface area contributed by atoms with E-state index >= 15 is 0 Å². The number of nitrogens with zero attached hydrogens (tertiary/aromatic N) is 2. The van der Waals surface area contributed by atoms with Crippen LogP contribution in [0.15, 0.2) is 30.3 Å². The van der Waals surface area contributed by atoms with Crippen molar-refractivity contribution in [3.05, 3.63) is 56.5 Å². The smallest absolute Gasteiger partial charge is 0.182 e. The van der Waals surface area contributed by atoms with Crippen molar-refractivity contribution < 1.29 is 4.39 Å². The number of nitrogens with one attached hydrogen (secondary N) is 1. The number of aromatic nitrogens is 2. The second kappa shape index (κ2) is 5.15. The normalized spacial score (nSPS) is 10.8. The summed E-state index contributed by atoms with van der Waals surface area (Å²) in [6.07, 6.45) is 0. The number of aromatic amines is 1. The Kier molecular flexibility index (Phi) is 3.46. The summed E-state index contributed by atoms with van der Waals surface area (Å²) in [4.78, 5) is 2.90. The molecule has 3 nitrogen and oxygen atoms in total. The van der Waals surface area contributed by atoms with Crippen molar-refractivity contribution in [2.24, 2.45) is 0 Å². The largest absolute Gasteiger partial charge is 0.330 e. The van der Waals surface area contributed by atoms with Crippen LogP contribution in [-0.4, -0.2) is 9.55 Å². The Balaban J connectivity index is 2.41. The molecule has 0 amide bonds. The van der Waals surface area contributed by atoms with Crippen molar-refractivity contribution >= 4 is 46.5 Å². The number of H-pyrrole nitrogens is 1. The first-order valence-corrected chi connectivity index (χ1v) is 6.97. The molecule has 0 spiro atoms. The summed E-state index contributed by atoms with van der Waals surface area (Å²) >= 11 is 17.3. The summed E-state index contributed by atoms with van der Waals surface area (Å²) in [5.41, 5.74) is 2.07. The average Bonchev–Trinajstić information content (AvgIpc) is 2.75. The van der Waals surface area contributed by atoms with E-state index in [0.29, 0.717) is 32.1 Å². The summed E-state index contributed by atoms with van der Waals surface area (Å²) in [6.45, 7) is 0. The molecule has 0 bridgehead atoms. The van der Waals surface area contributed by atoms with Gasteiger partial charge in [0.2, 0.25) is 0 Å². The molecule has 1 N–H and O–H groups in total. The molecular formula is C14H6Cl2FN3S. The van der Waals surface area contributed by atoms with Crippen LogP contribution in [0.3, 0.4) is 0 Å². The lowest BCUT2D eigenvalue weighted by Crippen LogP contribution is -1.96. The molecule has 3 rings (SSSR count). The minimum atomic E-state index is -0.538. The van der Waals surface area contributed by atoms with Crippen molar-refractivity contribution in [1.82, 2.24) is 9.55 Å². The van der Waals surface area contributed by atoms with E-state index in [1.807, 2.05) is 6.07 Å².